The predicted molar refractivity (Wildman–Crippen MR) is 104 cm³/mol. The summed E-state index contributed by atoms with van der Waals surface area (Å²) in [5.41, 5.74) is 4.82. The SMILES string of the molecule is Cc1cc(C)n(-c2ccc(CNC(=O)NC3CCc4cc(F)ccc43)cn2)n1. The van der Waals surface area contributed by atoms with Crippen LogP contribution in [0.5, 0.6) is 0 Å². The molecular weight excluding hydrogens is 357 g/mol. The number of carbonyl (C=O) groups is 1. The molecule has 0 fully saturated rings. The highest BCUT2D eigenvalue weighted by Gasteiger charge is 2.24. The number of hydrogen-bond donors (Lipinski definition) is 2. The minimum Gasteiger partial charge on any atom is -0.334 e. The lowest BCUT2D eigenvalue weighted by Crippen LogP contribution is -2.36. The number of pyridine rings is 1. The molecule has 1 atom stereocenters. The van der Waals surface area contributed by atoms with E-state index in [4.69, 9.17) is 0 Å². The maximum Gasteiger partial charge on any atom is 0.315 e. The molecule has 1 aromatic carbocycles. The van der Waals surface area contributed by atoms with Crippen molar-refractivity contribution in [2.75, 3.05) is 0 Å². The second-order valence-corrected chi connectivity index (χ2v) is 7.12. The van der Waals surface area contributed by atoms with Gasteiger partial charge in [0.1, 0.15) is 5.82 Å². The molecule has 3 aromatic rings. The number of rotatable bonds is 4. The molecule has 144 valence electrons. The van der Waals surface area contributed by atoms with Crippen molar-refractivity contribution in [2.45, 2.75) is 39.3 Å². The van der Waals surface area contributed by atoms with Crippen LogP contribution in [0.3, 0.4) is 0 Å². The van der Waals surface area contributed by atoms with Crippen LogP contribution in [0.2, 0.25) is 0 Å². The van der Waals surface area contributed by atoms with Crippen LogP contribution in [0, 0.1) is 19.7 Å². The van der Waals surface area contributed by atoms with Gasteiger partial charge >= 0.3 is 6.03 Å². The molecule has 28 heavy (non-hydrogen) atoms. The maximum absolute atomic E-state index is 13.3. The van der Waals surface area contributed by atoms with Gasteiger partial charge in [-0.1, -0.05) is 12.1 Å². The first kappa shape index (κ1) is 18.2. The highest BCUT2D eigenvalue weighted by molar-refractivity contribution is 5.74. The van der Waals surface area contributed by atoms with E-state index >= 15 is 0 Å². The Hall–Kier alpha value is -3.22. The fourth-order valence-electron chi connectivity index (χ4n) is 3.64. The van der Waals surface area contributed by atoms with Crippen molar-refractivity contribution >= 4 is 6.03 Å². The molecule has 7 heteroatoms. The highest BCUT2D eigenvalue weighted by atomic mass is 19.1. The quantitative estimate of drug-likeness (QED) is 0.729. The average molecular weight is 379 g/mol. The van der Waals surface area contributed by atoms with Gasteiger partial charge in [-0.05, 0) is 67.6 Å². The lowest BCUT2D eigenvalue weighted by atomic mass is 10.1. The monoisotopic (exact) mass is 379 g/mol. The second-order valence-electron chi connectivity index (χ2n) is 7.12. The van der Waals surface area contributed by atoms with E-state index in [1.807, 2.05) is 32.0 Å². The van der Waals surface area contributed by atoms with Crippen LogP contribution in [0.25, 0.3) is 5.82 Å². The minimum absolute atomic E-state index is 0.0814. The van der Waals surface area contributed by atoms with Crippen LogP contribution in [0.15, 0.2) is 42.6 Å². The topological polar surface area (TPSA) is 71.8 Å². The summed E-state index contributed by atoms with van der Waals surface area (Å²) in [6.45, 7) is 4.30. The van der Waals surface area contributed by atoms with Gasteiger partial charge in [0, 0.05) is 18.4 Å². The van der Waals surface area contributed by atoms with Gasteiger partial charge in [-0.25, -0.2) is 18.9 Å². The van der Waals surface area contributed by atoms with Crippen molar-refractivity contribution in [1.29, 1.82) is 0 Å². The number of aromatic nitrogens is 3. The summed E-state index contributed by atoms with van der Waals surface area (Å²) >= 11 is 0. The molecule has 0 radical (unpaired) electrons. The lowest BCUT2D eigenvalue weighted by molar-refractivity contribution is 0.236. The van der Waals surface area contributed by atoms with Crippen molar-refractivity contribution in [1.82, 2.24) is 25.4 Å². The van der Waals surface area contributed by atoms with Crippen molar-refractivity contribution in [3.63, 3.8) is 0 Å². The molecule has 0 spiro atoms. The van der Waals surface area contributed by atoms with Crippen LogP contribution in [-0.2, 0) is 13.0 Å². The number of hydrogen-bond acceptors (Lipinski definition) is 3. The Morgan fingerprint density at radius 1 is 1.25 bits per heavy atom. The van der Waals surface area contributed by atoms with Gasteiger partial charge in [0.05, 0.1) is 11.7 Å². The highest BCUT2D eigenvalue weighted by Crippen LogP contribution is 2.31. The third kappa shape index (κ3) is 3.74. The number of amides is 2. The first-order valence-electron chi connectivity index (χ1n) is 9.31. The molecule has 2 heterocycles. The zero-order valence-corrected chi connectivity index (χ0v) is 15.9. The van der Waals surface area contributed by atoms with Crippen LogP contribution in [0.1, 0.15) is 40.5 Å². The molecule has 0 aliphatic heterocycles. The molecule has 1 unspecified atom stereocenters. The van der Waals surface area contributed by atoms with E-state index in [0.717, 1.165) is 46.7 Å². The fourth-order valence-corrected chi connectivity index (χ4v) is 3.64. The van der Waals surface area contributed by atoms with E-state index in [2.05, 4.69) is 20.7 Å². The maximum atomic E-state index is 13.3. The van der Waals surface area contributed by atoms with Crippen molar-refractivity contribution < 1.29 is 9.18 Å². The van der Waals surface area contributed by atoms with E-state index in [1.165, 1.54) is 6.07 Å². The third-order valence-electron chi connectivity index (χ3n) is 4.98. The zero-order valence-electron chi connectivity index (χ0n) is 15.9. The molecule has 6 nitrogen and oxygen atoms in total. The number of aryl methyl sites for hydroxylation is 3. The fraction of sp³-hybridized carbons (Fsp3) is 0.286. The largest absolute Gasteiger partial charge is 0.334 e. The average Bonchev–Trinajstić information content (AvgIpc) is 3.22. The Morgan fingerprint density at radius 3 is 2.82 bits per heavy atom. The minimum atomic E-state index is -0.246. The standard InChI is InChI=1S/C21H22FN5O/c1-13-9-14(2)27(26-13)20-8-3-15(11-23-20)12-24-21(28)25-19-7-4-16-10-17(22)5-6-18(16)19/h3,5-6,8-11,19H,4,7,12H2,1-2H3,(H2,24,25,28). The van der Waals surface area contributed by atoms with Crippen molar-refractivity contribution in [3.05, 3.63) is 76.5 Å². The number of nitrogens with one attached hydrogen (secondary N) is 2. The van der Waals surface area contributed by atoms with Gasteiger partial charge in [-0.2, -0.15) is 5.10 Å². The number of benzene rings is 1. The summed E-state index contributed by atoms with van der Waals surface area (Å²) < 4.78 is 15.1. The summed E-state index contributed by atoms with van der Waals surface area (Å²) in [6, 6.07) is 10.2. The molecule has 0 saturated carbocycles. The third-order valence-corrected chi connectivity index (χ3v) is 4.98. The van der Waals surface area contributed by atoms with Gasteiger partial charge < -0.3 is 10.6 Å². The lowest BCUT2D eigenvalue weighted by Gasteiger charge is -2.15. The van der Waals surface area contributed by atoms with Crippen LogP contribution in [0.4, 0.5) is 9.18 Å². The molecule has 4 rings (SSSR count). The van der Waals surface area contributed by atoms with Crippen LogP contribution >= 0.6 is 0 Å². The summed E-state index contributed by atoms with van der Waals surface area (Å²) in [5.74, 6) is 0.508. The number of urea groups is 1. The van der Waals surface area contributed by atoms with Crippen LogP contribution < -0.4 is 10.6 Å². The molecule has 1 aliphatic rings. The first-order valence-corrected chi connectivity index (χ1v) is 9.31. The predicted octanol–water partition coefficient (Wildman–Crippen LogP) is 3.51. The molecule has 1 aliphatic carbocycles. The smallest absolute Gasteiger partial charge is 0.315 e. The Bertz CT molecular complexity index is 1010. The van der Waals surface area contributed by atoms with Crippen molar-refractivity contribution in [3.8, 4) is 5.82 Å². The summed E-state index contributed by atoms with van der Waals surface area (Å²) in [5, 5.41) is 10.2. The van der Waals surface area contributed by atoms with E-state index < -0.39 is 0 Å². The molecule has 2 aromatic heterocycles. The molecule has 0 bridgehead atoms. The normalized spacial score (nSPS) is 15.3. The van der Waals surface area contributed by atoms with Gasteiger partial charge in [-0.3, -0.25) is 0 Å². The Morgan fingerprint density at radius 2 is 2.11 bits per heavy atom. The molecule has 2 N–H and O–H groups in total. The molecule has 0 saturated heterocycles. The molecular formula is C21H22FN5O. The number of carbonyl (C=O) groups excluding carboxylic acids is 1. The summed E-state index contributed by atoms with van der Waals surface area (Å²) in [4.78, 5) is 16.7. The number of fused-ring (bicyclic) bond motifs is 1. The van der Waals surface area contributed by atoms with Gasteiger partial charge in [0.15, 0.2) is 5.82 Å². The van der Waals surface area contributed by atoms with Gasteiger partial charge in [0.25, 0.3) is 0 Å². The van der Waals surface area contributed by atoms with E-state index in [9.17, 15) is 9.18 Å². The first-order chi connectivity index (χ1) is 13.5. The van der Waals surface area contributed by atoms with E-state index in [-0.39, 0.29) is 17.9 Å². The Kier molecular flexibility index (Phi) is 4.81. The van der Waals surface area contributed by atoms with Crippen LogP contribution in [-0.4, -0.2) is 20.8 Å². The Labute approximate surface area is 162 Å². The Balaban J connectivity index is 1.34. The number of nitrogens with zero attached hydrogens (tertiary/aromatic N) is 3. The zero-order chi connectivity index (χ0) is 19.7. The van der Waals surface area contributed by atoms with Crippen molar-refractivity contribution in [2.24, 2.45) is 0 Å². The summed E-state index contributed by atoms with van der Waals surface area (Å²) in [6.07, 6.45) is 3.29. The van der Waals surface area contributed by atoms with E-state index in [1.54, 1.807) is 23.0 Å². The van der Waals surface area contributed by atoms with Gasteiger partial charge in [0.2, 0.25) is 0 Å². The second kappa shape index (κ2) is 7.42. The van der Waals surface area contributed by atoms with Gasteiger partial charge in [-0.15, -0.1) is 0 Å². The molecule has 2 amide bonds. The van der Waals surface area contributed by atoms with E-state index in [0.29, 0.717) is 6.54 Å². The number of halogens is 1. The summed E-state index contributed by atoms with van der Waals surface area (Å²) in [7, 11) is 0.